The number of carbonyl (C=O) groups is 1. The molecule has 2 aromatic rings. The monoisotopic (exact) mass is 284 g/mol. The zero-order chi connectivity index (χ0) is 14.4. The molecule has 0 saturated carbocycles. The number of piperazine rings is 1. The van der Waals surface area contributed by atoms with E-state index in [9.17, 15) is 4.79 Å². The third-order valence-electron chi connectivity index (χ3n) is 4.78. The lowest BCUT2D eigenvalue weighted by molar-refractivity contribution is 0.0573. The highest BCUT2D eigenvalue weighted by Crippen LogP contribution is 2.23. The number of pyridine rings is 1. The van der Waals surface area contributed by atoms with Crippen molar-refractivity contribution in [2.45, 2.75) is 25.8 Å². The first-order valence-corrected chi connectivity index (χ1v) is 7.70. The molecule has 1 amide bonds. The van der Waals surface area contributed by atoms with Gasteiger partial charge in [0, 0.05) is 31.9 Å². The number of fused-ring (bicyclic) bond motifs is 2. The van der Waals surface area contributed by atoms with Gasteiger partial charge in [-0.05, 0) is 44.0 Å². The quantitative estimate of drug-likeness (QED) is 0.798. The Labute approximate surface area is 124 Å². The van der Waals surface area contributed by atoms with Crippen LogP contribution < -0.4 is 0 Å². The van der Waals surface area contributed by atoms with Crippen molar-refractivity contribution in [2.24, 2.45) is 0 Å². The van der Waals surface area contributed by atoms with E-state index in [2.05, 4.69) is 10.00 Å². The number of rotatable bonds is 1. The fraction of sp³-hybridized carbons (Fsp3) is 0.500. The topological polar surface area (TPSA) is 40.9 Å². The molecule has 0 N–H and O–H groups in total. The van der Waals surface area contributed by atoms with E-state index in [0.29, 0.717) is 6.04 Å². The van der Waals surface area contributed by atoms with Crippen molar-refractivity contribution < 1.29 is 4.79 Å². The van der Waals surface area contributed by atoms with Crippen LogP contribution in [0.3, 0.4) is 0 Å². The minimum Gasteiger partial charge on any atom is -0.336 e. The van der Waals surface area contributed by atoms with Crippen molar-refractivity contribution in [2.75, 3.05) is 26.2 Å². The molecule has 5 heteroatoms. The van der Waals surface area contributed by atoms with Gasteiger partial charge in [-0.2, -0.15) is 5.10 Å². The summed E-state index contributed by atoms with van der Waals surface area (Å²) in [6.07, 6.45) is 6.11. The first kappa shape index (κ1) is 12.8. The summed E-state index contributed by atoms with van der Waals surface area (Å²) in [5.74, 6) is 0.127. The molecule has 4 heterocycles. The highest BCUT2D eigenvalue weighted by atomic mass is 16.2. The van der Waals surface area contributed by atoms with Gasteiger partial charge in [-0.15, -0.1) is 0 Å². The van der Waals surface area contributed by atoms with E-state index in [1.54, 1.807) is 10.7 Å². The second-order valence-corrected chi connectivity index (χ2v) is 6.18. The van der Waals surface area contributed by atoms with Crippen LogP contribution in [0.5, 0.6) is 0 Å². The molecule has 4 rings (SSSR count). The first-order valence-electron chi connectivity index (χ1n) is 7.70. The third-order valence-corrected chi connectivity index (χ3v) is 4.78. The van der Waals surface area contributed by atoms with E-state index in [0.717, 1.165) is 36.3 Å². The Morgan fingerprint density at radius 3 is 3.14 bits per heavy atom. The molecular weight excluding hydrogens is 264 g/mol. The Bertz CT molecular complexity index is 693. The summed E-state index contributed by atoms with van der Waals surface area (Å²) in [6.45, 7) is 5.94. The van der Waals surface area contributed by atoms with Gasteiger partial charge in [-0.1, -0.05) is 0 Å². The Kier molecular flexibility index (Phi) is 2.96. The minimum absolute atomic E-state index is 0.127. The van der Waals surface area contributed by atoms with E-state index < -0.39 is 0 Å². The number of carbonyl (C=O) groups excluding carboxylic acids is 1. The lowest BCUT2D eigenvalue weighted by Crippen LogP contribution is -2.52. The van der Waals surface area contributed by atoms with Gasteiger partial charge >= 0.3 is 0 Å². The van der Waals surface area contributed by atoms with Gasteiger partial charge in [0.05, 0.1) is 17.3 Å². The van der Waals surface area contributed by atoms with E-state index >= 15 is 0 Å². The van der Waals surface area contributed by atoms with Gasteiger partial charge in [-0.3, -0.25) is 9.69 Å². The maximum Gasteiger partial charge on any atom is 0.257 e. The fourth-order valence-electron chi connectivity index (χ4n) is 3.60. The van der Waals surface area contributed by atoms with Crippen molar-refractivity contribution in [3.8, 4) is 0 Å². The van der Waals surface area contributed by atoms with Crippen molar-refractivity contribution in [3.63, 3.8) is 0 Å². The van der Waals surface area contributed by atoms with Crippen molar-refractivity contribution >= 4 is 11.4 Å². The Hall–Kier alpha value is -1.88. The average Bonchev–Trinajstić information content (AvgIpc) is 3.11. The van der Waals surface area contributed by atoms with Crippen LogP contribution in [-0.4, -0.2) is 57.5 Å². The van der Waals surface area contributed by atoms with Crippen LogP contribution in [0.4, 0.5) is 0 Å². The predicted octanol–water partition coefficient (Wildman–Crippen LogP) is 1.56. The van der Waals surface area contributed by atoms with Crippen molar-refractivity contribution in [3.05, 3.63) is 35.7 Å². The van der Waals surface area contributed by atoms with Gasteiger partial charge in [0.2, 0.25) is 0 Å². The van der Waals surface area contributed by atoms with E-state index in [1.807, 2.05) is 30.2 Å². The molecule has 2 aliphatic heterocycles. The SMILES string of the molecule is Cc1ccn2ncc(C(=O)N3CCN4CCCC4C3)c2c1. The van der Waals surface area contributed by atoms with E-state index in [1.165, 1.54) is 19.4 Å². The molecule has 0 radical (unpaired) electrons. The zero-order valence-electron chi connectivity index (χ0n) is 12.3. The largest absolute Gasteiger partial charge is 0.336 e. The maximum absolute atomic E-state index is 12.8. The molecule has 0 bridgehead atoms. The number of aryl methyl sites for hydroxylation is 1. The Balaban J connectivity index is 1.62. The van der Waals surface area contributed by atoms with Crippen LogP contribution in [0.15, 0.2) is 24.5 Å². The molecule has 2 aliphatic rings. The summed E-state index contributed by atoms with van der Waals surface area (Å²) in [4.78, 5) is 17.4. The number of nitrogens with zero attached hydrogens (tertiary/aromatic N) is 4. The third kappa shape index (κ3) is 2.12. The van der Waals surface area contributed by atoms with Gasteiger partial charge < -0.3 is 4.90 Å². The van der Waals surface area contributed by atoms with Gasteiger partial charge in [-0.25, -0.2) is 4.52 Å². The second kappa shape index (κ2) is 4.84. The molecular formula is C16H20N4O. The average molecular weight is 284 g/mol. The Morgan fingerprint density at radius 2 is 2.24 bits per heavy atom. The summed E-state index contributed by atoms with van der Waals surface area (Å²) in [7, 11) is 0. The molecule has 110 valence electrons. The van der Waals surface area contributed by atoms with Crippen LogP contribution >= 0.6 is 0 Å². The van der Waals surface area contributed by atoms with Crippen LogP contribution in [0.2, 0.25) is 0 Å². The standard InChI is InChI=1S/C16H20N4O/c1-12-4-6-20-15(9-12)14(10-17-20)16(21)19-8-7-18-5-2-3-13(18)11-19/h4,6,9-10,13H,2-3,5,7-8,11H2,1H3. The summed E-state index contributed by atoms with van der Waals surface area (Å²) in [5.41, 5.74) is 2.79. The minimum atomic E-state index is 0.127. The van der Waals surface area contributed by atoms with Crippen LogP contribution in [0.1, 0.15) is 28.8 Å². The first-order chi connectivity index (χ1) is 10.2. The molecule has 2 saturated heterocycles. The molecule has 2 aromatic heterocycles. The molecule has 0 spiro atoms. The maximum atomic E-state index is 12.8. The van der Waals surface area contributed by atoms with Gasteiger partial charge in [0.1, 0.15) is 0 Å². The van der Waals surface area contributed by atoms with E-state index in [-0.39, 0.29) is 5.91 Å². The zero-order valence-corrected chi connectivity index (χ0v) is 12.3. The molecule has 1 unspecified atom stereocenters. The Morgan fingerprint density at radius 1 is 1.33 bits per heavy atom. The van der Waals surface area contributed by atoms with Gasteiger partial charge in [0.25, 0.3) is 5.91 Å². The molecule has 2 fully saturated rings. The van der Waals surface area contributed by atoms with Crippen molar-refractivity contribution in [1.82, 2.24) is 19.4 Å². The van der Waals surface area contributed by atoms with Crippen LogP contribution in [0.25, 0.3) is 5.52 Å². The summed E-state index contributed by atoms with van der Waals surface area (Å²) in [6, 6.07) is 4.60. The highest BCUT2D eigenvalue weighted by molar-refractivity contribution is 6.00. The fourth-order valence-corrected chi connectivity index (χ4v) is 3.60. The number of hydrogen-bond donors (Lipinski definition) is 0. The summed E-state index contributed by atoms with van der Waals surface area (Å²) in [5, 5.41) is 4.30. The summed E-state index contributed by atoms with van der Waals surface area (Å²) < 4.78 is 1.78. The van der Waals surface area contributed by atoms with Crippen LogP contribution in [-0.2, 0) is 0 Å². The summed E-state index contributed by atoms with van der Waals surface area (Å²) >= 11 is 0. The molecule has 1 atom stereocenters. The van der Waals surface area contributed by atoms with Gasteiger partial charge in [0.15, 0.2) is 0 Å². The molecule has 5 nitrogen and oxygen atoms in total. The van der Waals surface area contributed by atoms with Crippen LogP contribution in [0, 0.1) is 6.92 Å². The predicted molar refractivity (Wildman–Crippen MR) is 80.4 cm³/mol. The highest BCUT2D eigenvalue weighted by Gasteiger charge is 2.33. The number of hydrogen-bond acceptors (Lipinski definition) is 3. The second-order valence-electron chi connectivity index (χ2n) is 6.18. The lowest BCUT2D eigenvalue weighted by atomic mass is 10.1. The number of aromatic nitrogens is 2. The molecule has 0 aliphatic carbocycles. The van der Waals surface area contributed by atoms with E-state index in [4.69, 9.17) is 0 Å². The lowest BCUT2D eigenvalue weighted by Gasteiger charge is -2.37. The normalized spacial score (nSPS) is 22.7. The number of amides is 1. The molecule has 0 aromatic carbocycles. The van der Waals surface area contributed by atoms with Crippen molar-refractivity contribution in [1.29, 1.82) is 0 Å². The molecule has 21 heavy (non-hydrogen) atoms. The smallest absolute Gasteiger partial charge is 0.257 e.